The minimum absolute atomic E-state index is 0.0492. The Morgan fingerprint density at radius 2 is 2.17 bits per heavy atom. The predicted molar refractivity (Wildman–Crippen MR) is 85.8 cm³/mol. The number of aryl methyl sites for hydroxylation is 1. The average molecular weight is 340 g/mol. The van der Waals surface area contributed by atoms with E-state index in [1.165, 1.54) is 12.1 Å². The molecular weight excluding hydrogens is 321 g/mol. The lowest BCUT2D eigenvalue weighted by Gasteiger charge is -2.15. The fourth-order valence-corrected chi connectivity index (χ4v) is 3.02. The molecule has 1 amide bonds. The van der Waals surface area contributed by atoms with Crippen molar-refractivity contribution in [1.82, 2.24) is 9.78 Å². The number of amides is 1. The van der Waals surface area contributed by atoms with E-state index in [2.05, 4.69) is 5.10 Å². The minimum Gasteiger partial charge on any atom is -0.394 e. The van der Waals surface area contributed by atoms with E-state index in [1.54, 1.807) is 17.7 Å². The molecular formula is C16H19ClFN3O2. The molecule has 0 aliphatic carbocycles. The summed E-state index contributed by atoms with van der Waals surface area (Å²) >= 11 is 6.05. The number of hydrogen-bond donors (Lipinski definition) is 2. The van der Waals surface area contributed by atoms with Crippen LogP contribution in [0.3, 0.4) is 0 Å². The molecule has 1 heterocycles. The highest BCUT2D eigenvalue weighted by atomic mass is 35.5. The number of halogens is 2. The van der Waals surface area contributed by atoms with Crippen molar-refractivity contribution in [1.29, 1.82) is 0 Å². The second-order valence-electron chi connectivity index (χ2n) is 5.43. The lowest BCUT2D eigenvalue weighted by Crippen LogP contribution is -2.24. The van der Waals surface area contributed by atoms with Crippen molar-refractivity contribution in [2.45, 2.75) is 32.7 Å². The zero-order chi connectivity index (χ0) is 17.1. The minimum atomic E-state index is -0.620. The zero-order valence-corrected chi connectivity index (χ0v) is 13.8. The Morgan fingerprint density at radius 1 is 1.48 bits per heavy atom. The van der Waals surface area contributed by atoms with Crippen LogP contribution in [0.25, 0.3) is 0 Å². The van der Waals surface area contributed by atoms with Crippen molar-refractivity contribution in [2.75, 3.05) is 6.61 Å². The van der Waals surface area contributed by atoms with Gasteiger partial charge in [-0.05, 0) is 38.0 Å². The van der Waals surface area contributed by atoms with Crippen LogP contribution in [0.1, 0.15) is 28.4 Å². The number of hydrogen-bond acceptors (Lipinski definition) is 3. The summed E-state index contributed by atoms with van der Waals surface area (Å²) in [6.45, 7) is 3.91. The van der Waals surface area contributed by atoms with Gasteiger partial charge in [-0.3, -0.25) is 9.48 Å². The van der Waals surface area contributed by atoms with Gasteiger partial charge in [0, 0.05) is 16.3 Å². The second kappa shape index (κ2) is 7.10. The van der Waals surface area contributed by atoms with E-state index in [0.29, 0.717) is 17.8 Å². The maximum Gasteiger partial charge on any atom is 0.225 e. The van der Waals surface area contributed by atoms with Gasteiger partial charge in [-0.1, -0.05) is 17.7 Å². The summed E-state index contributed by atoms with van der Waals surface area (Å²) in [5, 5.41) is 13.7. The van der Waals surface area contributed by atoms with Crippen molar-refractivity contribution in [3.05, 3.63) is 51.6 Å². The quantitative estimate of drug-likeness (QED) is 0.845. The van der Waals surface area contributed by atoms with E-state index in [4.69, 9.17) is 22.4 Å². The Hall–Kier alpha value is -1.92. The number of carbonyl (C=O) groups excluding carboxylic acids is 1. The molecule has 7 heteroatoms. The Labute approximate surface area is 138 Å². The lowest BCUT2D eigenvalue weighted by atomic mass is 9.90. The molecule has 1 aromatic heterocycles. The van der Waals surface area contributed by atoms with Crippen molar-refractivity contribution < 1.29 is 14.3 Å². The molecule has 2 rings (SSSR count). The number of nitrogens with two attached hydrogens (primary N) is 1. The van der Waals surface area contributed by atoms with Gasteiger partial charge in [0.25, 0.3) is 0 Å². The van der Waals surface area contributed by atoms with E-state index in [-0.39, 0.29) is 18.1 Å². The first-order valence-electron chi connectivity index (χ1n) is 7.23. The molecule has 0 saturated heterocycles. The van der Waals surface area contributed by atoms with Gasteiger partial charge < -0.3 is 10.8 Å². The molecule has 0 radical (unpaired) electrons. The smallest absolute Gasteiger partial charge is 0.225 e. The third-order valence-electron chi connectivity index (χ3n) is 3.88. The third-order valence-corrected chi connectivity index (χ3v) is 4.23. The molecule has 1 aromatic carbocycles. The maximum absolute atomic E-state index is 13.2. The Balaban J connectivity index is 2.41. The highest BCUT2D eigenvalue weighted by molar-refractivity contribution is 6.31. The first-order valence-corrected chi connectivity index (χ1v) is 7.61. The first-order chi connectivity index (χ1) is 10.8. The molecule has 5 nitrogen and oxygen atoms in total. The van der Waals surface area contributed by atoms with Crippen molar-refractivity contribution in [3.63, 3.8) is 0 Å². The fraction of sp³-hybridized carbons (Fsp3) is 0.375. The van der Waals surface area contributed by atoms with Crippen LogP contribution in [0.2, 0.25) is 5.02 Å². The summed E-state index contributed by atoms with van der Waals surface area (Å²) in [6.07, 6.45) is 0.265. The molecule has 124 valence electrons. The van der Waals surface area contributed by atoms with Crippen molar-refractivity contribution >= 4 is 17.5 Å². The molecule has 0 aliphatic rings. The average Bonchev–Trinajstić information content (AvgIpc) is 2.73. The van der Waals surface area contributed by atoms with Crippen LogP contribution in [0.4, 0.5) is 4.39 Å². The third kappa shape index (κ3) is 3.71. The molecule has 0 aliphatic heterocycles. The van der Waals surface area contributed by atoms with Gasteiger partial charge in [0.1, 0.15) is 5.82 Å². The van der Waals surface area contributed by atoms with Crippen LogP contribution in [-0.2, 0) is 17.8 Å². The molecule has 2 aromatic rings. The van der Waals surface area contributed by atoms with Crippen LogP contribution in [0, 0.1) is 19.7 Å². The van der Waals surface area contributed by atoms with Gasteiger partial charge in [0.05, 0.1) is 24.8 Å². The number of aliphatic hydroxyl groups excluding tert-OH is 1. The molecule has 0 bridgehead atoms. The number of primary amides is 1. The SMILES string of the molecule is Cc1nn(CCO)c(C)c1C(Cc1ccc(F)cc1Cl)C(N)=O. The van der Waals surface area contributed by atoms with Crippen LogP contribution < -0.4 is 5.73 Å². The molecule has 1 atom stereocenters. The second-order valence-corrected chi connectivity index (χ2v) is 5.83. The summed E-state index contributed by atoms with van der Waals surface area (Å²) in [6, 6.07) is 4.06. The standard InChI is InChI=1S/C16H19ClFN3O2/c1-9-15(10(2)21(20-9)5-6-22)13(16(19)23)7-11-3-4-12(18)8-14(11)17/h3-4,8,13,22H,5-7H2,1-2H3,(H2,19,23). The highest BCUT2D eigenvalue weighted by Crippen LogP contribution is 2.29. The first kappa shape index (κ1) is 17.4. The van der Waals surface area contributed by atoms with Gasteiger partial charge in [-0.2, -0.15) is 5.10 Å². The Bertz CT molecular complexity index is 730. The van der Waals surface area contributed by atoms with Gasteiger partial charge in [-0.25, -0.2) is 4.39 Å². The highest BCUT2D eigenvalue weighted by Gasteiger charge is 2.26. The number of aromatic nitrogens is 2. The van der Waals surface area contributed by atoms with Crippen LogP contribution in [0.15, 0.2) is 18.2 Å². The van der Waals surface area contributed by atoms with Crippen LogP contribution >= 0.6 is 11.6 Å². The summed E-state index contributed by atoms with van der Waals surface area (Å²) in [5.41, 5.74) is 8.40. The summed E-state index contributed by atoms with van der Waals surface area (Å²) in [7, 11) is 0. The Kier molecular flexibility index (Phi) is 5.38. The summed E-state index contributed by atoms with van der Waals surface area (Å²) in [4.78, 5) is 12.0. The monoisotopic (exact) mass is 339 g/mol. The van der Waals surface area contributed by atoms with Gasteiger partial charge in [-0.15, -0.1) is 0 Å². The maximum atomic E-state index is 13.2. The number of benzene rings is 1. The summed E-state index contributed by atoms with van der Waals surface area (Å²) < 4.78 is 14.8. The van der Waals surface area contributed by atoms with Crippen LogP contribution in [-0.4, -0.2) is 27.4 Å². The molecule has 3 N–H and O–H groups in total. The van der Waals surface area contributed by atoms with Gasteiger partial charge in [0.15, 0.2) is 0 Å². The van der Waals surface area contributed by atoms with E-state index in [9.17, 15) is 9.18 Å². The van der Waals surface area contributed by atoms with Crippen molar-refractivity contribution in [2.24, 2.45) is 5.73 Å². The molecule has 23 heavy (non-hydrogen) atoms. The lowest BCUT2D eigenvalue weighted by molar-refractivity contribution is -0.119. The topological polar surface area (TPSA) is 81.1 Å². The number of rotatable bonds is 6. The molecule has 1 unspecified atom stereocenters. The molecule has 0 saturated carbocycles. The van der Waals surface area contributed by atoms with E-state index < -0.39 is 17.6 Å². The van der Waals surface area contributed by atoms with E-state index in [0.717, 1.165) is 11.3 Å². The normalized spacial score (nSPS) is 12.4. The van der Waals surface area contributed by atoms with E-state index >= 15 is 0 Å². The van der Waals surface area contributed by atoms with Crippen LogP contribution in [0.5, 0.6) is 0 Å². The molecule has 0 fully saturated rings. The van der Waals surface area contributed by atoms with Gasteiger partial charge in [0.2, 0.25) is 5.91 Å². The number of carbonyl (C=O) groups is 1. The number of nitrogens with zero attached hydrogens (tertiary/aromatic N) is 2. The Morgan fingerprint density at radius 3 is 2.74 bits per heavy atom. The largest absolute Gasteiger partial charge is 0.394 e. The molecule has 0 spiro atoms. The fourth-order valence-electron chi connectivity index (χ4n) is 2.78. The van der Waals surface area contributed by atoms with Gasteiger partial charge >= 0.3 is 0 Å². The number of aliphatic hydroxyl groups is 1. The zero-order valence-electron chi connectivity index (χ0n) is 13.0. The van der Waals surface area contributed by atoms with E-state index in [1.807, 2.05) is 6.92 Å². The summed E-state index contributed by atoms with van der Waals surface area (Å²) in [5.74, 6) is -1.55. The van der Waals surface area contributed by atoms with Crippen molar-refractivity contribution in [3.8, 4) is 0 Å². The predicted octanol–water partition coefficient (Wildman–Crippen LogP) is 2.10.